The van der Waals surface area contributed by atoms with Crippen molar-refractivity contribution in [3.05, 3.63) is 63.8 Å². The van der Waals surface area contributed by atoms with E-state index in [1.165, 1.54) is 0 Å². The second-order valence-corrected chi connectivity index (χ2v) is 8.85. The first-order valence-electron chi connectivity index (χ1n) is 11.7. The summed E-state index contributed by atoms with van der Waals surface area (Å²) in [5.41, 5.74) is 2.15. The zero-order valence-electron chi connectivity index (χ0n) is 19.3. The summed E-state index contributed by atoms with van der Waals surface area (Å²) in [6.45, 7) is 3.08. The number of aliphatic hydroxyl groups excluding tert-OH is 1. The number of ether oxygens (including phenoxy) is 2. The molecule has 1 aromatic carbocycles. The number of unbranched alkanes of at least 4 members (excludes halogenated alkanes) is 1. The summed E-state index contributed by atoms with van der Waals surface area (Å²) < 4.78 is 15.3. The Morgan fingerprint density at radius 3 is 2.70 bits per heavy atom. The number of hydrogen-bond donors (Lipinski definition) is 2. The number of amides is 1. The highest BCUT2D eigenvalue weighted by Crippen LogP contribution is 2.33. The highest BCUT2D eigenvalue weighted by molar-refractivity contribution is 5.91. The predicted octanol–water partition coefficient (Wildman–Crippen LogP) is 2.51. The maximum absolute atomic E-state index is 13.5. The SMILES string of the molecule is Cc1c([C@@H]2C=C(C(=O)NCC3CC3)O[C@H](OCCCCO)C2)c(=O)n(-c2ccccc2)n1C. The summed E-state index contributed by atoms with van der Waals surface area (Å²) in [6, 6.07) is 9.51. The van der Waals surface area contributed by atoms with E-state index in [4.69, 9.17) is 14.6 Å². The van der Waals surface area contributed by atoms with E-state index < -0.39 is 6.29 Å². The Morgan fingerprint density at radius 1 is 1.24 bits per heavy atom. The number of rotatable bonds is 10. The lowest BCUT2D eigenvalue weighted by Gasteiger charge is -2.29. The zero-order valence-corrected chi connectivity index (χ0v) is 19.3. The van der Waals surface area contributed by atoms with Crippen molar-refractivity contribution in [2.45, 2.75) is 51.2 Å². The third kappa shape index (κ3) is 5.39. The van der Waals surface area contributed by atoms with E-state index in [2.05, 4.69) is 5.32 Å². The van der Waals surface area contributed by atoms with Gasteiger partial charge in [0.15, 0.2) is 5.76 Å². The molecule has 8 heteroatoms. The number of carbonyl (C=O) groups excluding carboxylic acids is 1. The van der Waals surface area contributed by atoms with Gasteiger partial charge in [-0.2, -0.15) is 0 Å². The molecule has 1 aromatic heterocycles. The fourth-order valence-electron chi connectivity index (χ4n) is 4.21. The molecule has 0 spiro atoms. The van der Waals surface area contributed by atoms with Crippen molar-refractivity contribution in [1.29, 1.82) is 0 Å². The van der Waals surface area contributed by atoms with Crippen LogP contribution in [0.3, 0.4) is 0 Å². The minimum atomic E-state index is -0.635. The highest BCUT2D eigenvalue weighted by atomic mass is 16.7. The van der Waals surface area contributed by atoms with Crippen molar-refractivity contribution in [2.75, 3.05) is 19.8 Å². The third-order valence-electron chi connectivity index (χ3n) is 6.36. The van der Waals surface area contributed by atoms with E-state index in [-0.39, 0.29) is 29.8 Å². The molecule has 2 atom stereocenters. The first kappa shape index (κ1) is 23.3. The first-order chi connectivity index (χ1) is 16.0. The third-order valence-corrected chi connectivity index (χ3v) is 6.36. The molecule has 0 saturated heterocycles. The molecule has 1 amide bonds. The normalized spacial score (nSPS) is 20.3. The zero-order chi connectivity index (χ0) is 23.4. The number of aromatic nitrogens is 2. The summed E-state index contributed by atoms with van der Waals surface area (Å²) in [7, 11) is 1.86. The Balaban J connectivity index is 1.62. The monoisotopic (exact) mass is 455 g/mol. The van der Waals surface area contributed by atoms with E-state index in [0.29, 0.717) is 43.9 Å². The lowest BCUT2D eigenvalue weighted by molar-refractivity contribution is -0.146. The van der Waals surface area contributed by atoms with Gasteiger partial charge in [0.2, 0.25) is 6.29 Å². The van der Waals surface area contributed by atoms with Crippen molar-refractivity contribution in [3.63, 3.8) is 0 Å². The quantitative estimate of drug-likeness (QED) is 0.537. The molecular weight excluding hydrogens is 422 g/mol. The van der Waals surface area contributed by atoms with Gasteiger partial charge in [-0.05, 0) is 56.7 Å². The molecule has 1 aliphatic heterocycles. The standard InChI is InChI=1S/C25H33N3O5/c1-17-23(25(31)28(27(17)2)20-8-4-3-5-9-20)19-14-21(24(30)26-16-18-10-11-18)33-22(15-19)32-13-7-6-12-29/h3-5,8-9,14,18-19,22,29H,6-7,10-13,15-16H2,1-2H3,(H,26,30)/t19-,22+/m1/s1. The van der Waals surface area contributed by atoms with Crippen molar-refractivity contribution >= 4 is 5.91 Å². The van der Waals surface area contributed by atoms with Gasteiger partial charge >= 0.3 is 0 Å². The fourth-order valence-corrected chi connectivity index (χ4v) is 4.21. The van der Waals surface area contributed by atoms with Crippen molar-refractivity contribution < 1.29 is 19.4 Å². The van der Waals surface area contributed by atoms with Gasteiger partial charge in [0.05, 0.1) is 12.3 Å². The molecule has 0 radical (unpaired) electrons. The summed E-state index contributed by atoms with van der Waals surface area (Å²) in [5, 5.41) is 12.0. The highest BCUT2D eigenvalue weighted by Gasteiger charge is 2.33. The topological polar surface area (TPSA) is 94.7 Å². The van der Waals surface area contributed by atoms with Gasteiger partial charge in [0.1, 0.15) is 0 Å². The average Bonchev–Trinajstić information content (AvgIpc) is 3.62. The van der Waals surface area contributed by atoms with Crippen LogP contribution in [0.4, 0.5) is 0 Å². The molecule has 8 nitrogen and oxygen atoms in total. The number of allylic oxidation sites excluding steroid dienone is 1. The van der Waals surface area contributed by atoms with E-state index >= 15 is 0 Å². The van der Waals surface area contributed by atoms with Crippen LogP contribution in [0.5, 0.6) is 0 Å². The number of nitrogens with zero attached hydrogens (tertiary/aromatic N) is 2. The maximum Gasteiger partial charge on any atom is 0.286 e. The average molecular weight is 456 g/mol. The second kappa shape index (κ2) is 10.4. The van der Waals surface area contributed by atoms with Crippen LogP contribution in [0.25, 0.3) is 5.69 Å². The molecule has 178 valence electrons. The molecular formula is C25H33N3O5. The molecule has 1 saturated carbocycles. The smallest absolute Gasteiger partial charge is 0.286 e. The van der Waals surface area contributed by atoms with Gasteiger partial charge in [-0.1, -0.05) is 18.2 Å². The van der Waals surface area contributed by atoms with Gasteiger partial charge in [-0.3, -0.25) is 14.3 Å². The number of hydrogen-bond acceptors (Lipinski definition) is 5. The molecule has 1 aliphatic carbocycles. The molecule has 2 aromatic rings. The minimum Gasteiger partial charge on any atom is -0.459 e. The molecule has 0 unspecified atom stereocenters. The fraction of sp³-hybridized carbons (Fsp3) is 0.520. The predicted molar refractivity (Wildman–Crippen MR) is 124 cm³/mol. The van der Waals surface area contributed by atoms with Crippen molar-refractivity contribution in [2.24, 2.45) is 13.0 Å². The van der Waals surface area contributed by atoms with Crippen LogP contribution in [-0.4, -0.2) is 46.4 Å². The van der Waals surface area contributed by atoms with Crippen LogP contribution in [0.15, 0.2) is 47.0 Å². The van der Waals surface area contributed by atoms with Crippen LogP contribution < -0.4 is 10.9 Å². The maximum atomic E-state index is 13.5. The minimum absolute atomic E-state index is 0.106. The van der Waals surface area contributed by atoms with Gasteiger partial charge < -0.3 is 19.9 Å². The molecule has 2 N–H and O–H groups in total. The Morgan fingerprint density at radius 2 is 2.00 bits per heavy atom. The van der Waals surface area contributed by atoms with Crippen molar-refractivity contribution in [3.8, 4) is 5.69 Å². The number of para-hydroxylation sites is 1. The Kier molecular flexibility index (Phi) is 7.35. The van der Waals surface area contributed by atoms with Crippen LogP contribution in [-0.2, 0) is 21.3 Å². The van der Waals surface area contributed by atoms with E-state index in [1.54, 1.807) is 10.8 Å². The van der Waals surface area contributed by atoms with Crippen LogP contribution in [0.2, 0.25) is 0 Å². The largest absolute Gasteiger partial charge is 0.459 e. The summed E-state index contributed by atoms with van der Waals surface area (Å²) in [5.74, 6) is 0.168. The lowest BCUT2D eigenvalue weighted by Crippen LogP contribution is -2.34. The Bertz CT molecular complexity index is 1050. The van der Waals surface area contributed by atoms with E-state index in [1.807, 2.05) is 49.0 Å². The number of benzene rings is 1. The first-order valence-corrected chi connectivity index (χ1v) is 11.7. The number of nitrogens with one attached hydrogen (secondary N) is 1. The Labute approximate surface area is 193 Å². The van der Waals surface area contributed by atoms with Crippen molar-refractivity contribution in [1.82, 2.24) is 14.7 Å². The molecule has 0 bridgehead atoms. The summed E-state index contributed by atoms with van der Waals surface area (Å²) in [4.78, 5) is 26.3. The summed E-state index contributed by atoms with van der Waals surface area (Å²) in [6.07, 6.45) is 5.18. The second-order valence-electron chi connectivity index (χ2n) is 8.85. The van der Waals surface area contributed by atoms with Gasteiger partial charge in [-0.15, -0.1) is 0 Å². The van der Waals surface area contributed by atoms with Gasteiger partial charge in [-0.25, -0.2) is 4.68 Å². The summed E-state index contributed by atoms with van der Waals surface area (Å²) >= 11 is 0. The van der Waals surface area contributed by atoms with Gasteiger partial charge in [0.25, 0.3) is 11.5 Å². The Hall–Kier alpha value is -2.84. The van der Waals surface area contributed by atoms with E-state index in [9.17, 15) is 9.59 Å². The molecule has 33 heavy (non-hydrogen) atoms. The van der Waals surface area contributed by atoms with E-state index in [0.717, 1.165) is 24.2 Å². The lowest BCUT2D eigenvalue weighted by atomic mass is 9.93. The number of aliphatic hydroxyl groups is 1. The van der Waals surface area contributed by atoms with Crippen LogP contribution in [0.1, 0.15) is 49.3 Å². The number of carbonyl (C=O) groups is 1. The molecule has 2 aliphatic rings. The molecule has 2 heterocycles. The molecule has 4 rings (SSSR count). The van der Waals surface area contributed by atoms with Crippen LogP contribution in [0, 0.1) is 12.8 Å². The van der Waals surface area contributed by atoms with Gasteiger partial charge in [0, 0.05) is 43.8 Å². The molecule has 1 fully saturated rings. The van der Waals surface area contributed by atoms with Crippen LogP contribution >= 0.6 is 0 Å².